The van der Waals surface area contributed by atoms with Crippen LogP contribution < -0.4 is 0 Å². The molecular formula is C56H36N4. The second-order valence-corrected chi connectivity index (χ2v) is 15.5. The van der Waals surface area contributed by atoms with Gasteiger partial charge in [-0.05, 0) is 103 Å². The van der Waals surface area contributed by atoms with Crippen LogP contribution in [-0.4, -0.2) is 19.9 Å². The number of aromatic nitrogens is 4. The Balaban J connectivity index is 1.29. The lowest BCUT2D eigenvalue weighted by Gasteiger charge is -2.11. The first-order valence-electron chi connectivity index (χ1n) is 20.4. The molecule has 280 valence electrons. The lowest BCUT2D eigenvalue weighted by molar-refractivity contribution is 1.31. The SMILES string of the molecule is C1=Cc2nc1cc1cc(-c3ccccc3)c([nH]1)c(-c1cccc3ccccc13)c1nc(c(-c3cccc4ccccc34)c3ccc([nH]3)c2-c2cccc3ccccc23)C=C1. The van der Waals surface area contributed by atoms with Crippen molar-refractivity contribution < 1.29 is 0 Å². The monoisotopic (exact) mass is 764 g/mol. The van der Waals surface area contributed by atoms with E-state index in [1.807, 2.05) is 0 Å². The summed E-state index contributed by atoms with van der Waals surface area (Å²) in [6.45, 7) is 0. The number of aromatic amines is 2. The highest BCUT2D eigenvalue weighted by molar-refractivity contribution is 6.10. The molecular weight excluding hydrogens is 729 g/mol. The summed E-state index contributed by atoms with van der Waals surface area (Å²) in [6, 6.07) is 64.9. The van der Waals surface area contributed by atoms with Crippen LogP contribution in [0.5, 0.6) is 0 Å². The minimum absolute atomic E-state index is 0.873. The first-order chi connectivity index (χ1) is 29.7. The van der Waals surface area contributed by atoms with Gasteiger partial charge in [-0.1, -0.05) is 158 Å². The van der Waals surface area contributed by atoms with Crippen molar-refractivity contribution in [2.24, 2.45) is 0 Å². The third kappa shape index (κ3) is 5.61. The molecule has 4 nitrogen and oxygen atoms in total. The highest BCUT2D eigenvalue weighted by Gasteiger charge is 2.21. The van der Waals surface area contributed by atoms with E-state index in [2.05, 4.69) is 216 Å². The quantitative estimate of drug-likeness (QED) is 0.187. The highest BCUT2D eigenvalue weighted by Crippen LogP contribution is 2.42. The van der Waals surface area contributed by atoms with Crippen LogP contribution in [0.4, 0.5) is 0 Å². The molecule has 0 saturated heterocycles. The van der Waals surface area contributed by atoms with E-state index in [1.54, 1.807) is 0 Å². The Labute approximate surface area is 346 Å². The van der Waals surface area contributed by atoms with E-state index < -0.39 is 0 Å². The zero-order chi connectivity index (χ0) is 39.6. The summed E-state index contributed by atoms with van der Waals surface area (Å²) < 4.78 is 0. The van der Waals surface area contributed by atoms with Gasteiger partial charge in [-0.25, -0.2) is 9.97 Å². The third-order valence-electron chi connectivity index (χ3n) is 11.9. The molecule has 4 heteroatoms. The minimum atomic E-state index is 0.873. The van der Waals surface area contributed by atoms with Crippen molar-refractivity contribution >= 4 is 78.7 Å². The zero-order valence-corrected chi connectivity index (χ0v) is 32.5. The molecule has 0 spiro atoms. The second kappa shape index (κ2) is 13.8. The van der Waals surface area contributed by atoms with E-state index in [1.165, 1.54) is 32.3 Å². The van der Waals surface area contributed by atoms with Gasteiger partial charge < -0.3 is 9.97 Å². The van der Waals surface area contributed by atoms with E-state index in [0.717, 1.165) is 89.4 Å². The van der Waals surface area contributed by atoms with Crippen LogP contribution in [0.1, 0.15) is 22.8 Å². The fourth-order valence-corrected chi connectivity index (χ4v) is 9.25. The van der Waals surface area contributed by atoms with Crippen molar-refractivity contribution in [1.82, 2.24) is 19.9 Å². The molecule has 8 bridgehead atoms. The topological polar surface area (TPSA) is 57.4 Å². The predicted molar refractivity (Wildman–Crippen MR) is 253 cm³/mol. The molecule has 0 amide bonds. The van der Waals surface area contributed by atoms with Crippen LogP contribution in [0.15, 0.2) is 182 Å². The fraction of sp³-hybridized carbons (Fsp3) is 0. The molecule has 2 N–H and O–H groups in total. The van der Waals surface area contributed by atoms with Crippen LogP contribution in [0, 0.1) is 0 Å². The Hall–Kier alpha value is -8.08. The van der Waals surface area contributed by atoms with Crippen molar-refractivity contribution in [2.75, 3.05) is 0 Å². The molecule has 3 aromatic heterocycles. The number of nitrogens with zero attached hydrogens (tertiary/aromatic N) is 2. The zero-order valence-electron chi connectivity index (χ0n) is 32.5. The van der Waals surface area contributed by atoms with Gasteiger partial charge in [0.2, 0.25) is 0 Å². The number of H-pyrrole nitrogens is 2. The Bertz CT molecular complexity index is 3590. The average molecular weight is 765 g/mol. The van der Waals surface area contributed by atoms with E-state index in [0.29, 0.717) is 0 Å². The Morgan fingerprint density at radius 2 is 0.800 bits per heavy atom. The van der Waals surface area contributed by atoms with Crippen LogP contribution in [0.25, 0.3) is 123 Å². The summed E-state index contributed by atoms with van der Waals surface area (Å²) >= 11 is 0. The first kappa shape index (κ1) is 34.0. The fourth-order valence-electron chi connectivity index (χ4n) is 9.25. The van der Waals surface area contributed by atoms with Crippen molar-refractivity contribution in [1.29, 1.82) is 0 Å². The molecule has 0 aliphatic carbocycles. The van der Waals surface area contributed by atoms with Crippen LogP contribution in [-0.2, 0) is 0 Å². The van der Waals surface area contributed by atoms with Gasteiger partial charge in [0, 0.05) is 38.8 Å². The maximum atomic E-state index is 5.66. The number of nitrogens with one attached hydrogen (secondary N) is 2. The number of hydrogen-bond acceptors (Lipinski definition) is 2. The molecule has 7 aromatic carbocycles. The third-order valence-corrected chi connectivity index (χ3v) is 11.9. The summed E-state index contributed by atoms with van der Waals surface area (Å²) in [5.41, 5.74) is 16.2. The van der Waals surface area contributed by atoms with Gasteiger partial charge in [0.1, 0.15) is 0 Å². The molecule has 0 saturated carbocycles. The summed E-state index contributed by atoms with van der Waals surface area (Å²) in [6.07, 6.45) is 8.65. The van der Waals surface area contributed by atoms with Crippen LogP contribution in [0.3, 0.4) is 0 Å². The molecule has 10 aromatic rings. The lowest BCUT2D eigenvalue weighted by Crippen LogP contribution is -1.91. The summed E-state index contributed by atoms with van der Waals surface area (Å²) in [5, 5.41) is 7.04. The molecule has 0 fully saturated rings. The molecule has 5 heterocycles. The lowest BCUT2D eigenvalue weighted by atomic mass is 9.94. The van der Waals surface area contributed by atoms with Gasteiger partial charge >= 0.3 is 0 Å². The van der Waals surface area contributed by atoms with Gasteiger partial charge in [0.05, 0.1) is 28.3 Å². The van der Waals surface area contributed by atoms with E-state index in [-0.39, 0.29) is 0 Å². The Morgan fingerprint density at radius 1 is 0.333 bits per heavy atom. The summed E-state index contributed by atoms with van der Waals surface area (Å²) in [4.78, 5) is 18.9. The first-order valence-corrected chi connectivity index (χ1v) is 20.4. The molecule has 2 aliphatic rings. The summed E-state index contributed by atoms with van der Waals surface area (Å²) in [7, 11) is 0. The van der Waals surface area contributed by atoms with Crippen molar-refractivity contribution in [3.8, 4) is 44.5 Å². The minimum Gasteiger partial charge on any atom is -0.354 e. The largest absolute Gasteiger partial charge is 0.354 e. The molecule has 0 atom stereocenters. The molecule has 60 heavy (non-hydrogen) atoms. The van der Waals surface area contributed by atoms with E-state index in [4.69, 9.17) is 9.97 Å². The van der Waals surface area contributed by atoms with Crippen LogP contribution in [0.2, 0.25) is 0 Å². The molecule has 12 rings (SSSR count). The Kier molecular flexibility index (Phi) is 7.82. The van der Waals surface area contributed by atoms with E-state index in [9.17, 15) is 0 Å². The number of fused-ring (bicyclic) bond motifs is 11. The second-order valence-electron chi connectivity index (χ2n) is 15.5. The van der Waals surface area contributed by atoms with Crippen LogP contribution >= 0.6 is 0 Å². The predicted octanol–water partition coefficient (Wildman–Crippen LogP) is 14.8. The number of hydrogen-bond donors (Lipinski definition) is 2. The van der Waals surface area contributed by atoms with Gasteiger partial charge in [-0.15, -0.1) is 0 Å². The maximum absolute atomic E-state index is 5.66. The average Bonchev–Trinajstić information content (AvgIpc) is 4.14. The smallest absolute Gasteiger partial charge is 0.0737 e. The number of rotatable bonds is 4. The van der Waals surface area contributed by atoms with Gasteiger partial charge in [0.25, 0.3) is 0 Å². The van der Waals surface area contributed by atoms with Crippen molar-refractivity contribution in [3.05, 3.63) is 205 Å². The van der Waals surface area contributed by atoms with Crippen molar-refractivity contribution in [2.45, 2.75) is 0 Å². The molecule has 2 aliphatic heterocycles. The summed E-state index contributed by atoms with van der Waals surface area (Å²) in [5.74, 6) is 0. The standard InChI is InChI=1S/C56H36N4/c1-2-13-38(14-3-1)47-34-40-33-39-27-28-48(57-39)53(44-24-10-18-35-15-4-7-21-41(35)44)49-29-30-50(59-49)54(45-25-11-19-36-16-5-8-22-42(36)45)51-31-32-52(60-51)55(56(47)58-40)46-26-12-20-37-17-6-9-23-43(37)46/h1-34,58-59H. The maximum Gasteiger partial charge on any atom is 0.0737 e. The van der Waals surface area contributed by atoms with Gasteiger partial charge in [0.15, 0.2) is 0 Å². The Morgan fingerprint density at radius 3 is 1.38 bits per heavy atom. The van der Waals surface area contributed by atoms with Gasteiger partial charge in [-0.3, -0.25) is 0 Å². The van der Waals surface area contributed by atoms with Gasteiger partial charge in [-0.2, -0.15) is 0 Å². The highest BCUT2D eigenvalue weighted by atomic mass is 14.8. The number of benzene rings is 7. The van der Waals surface area contributed by atoms with E-state index >= 15 is 0 Å². The molecule has 0 radical (unpaired) electrons. The normalized spacial score (nSPS) is 12.2. The van der Waals surface area contributed by atoms with Crippen molar-refractivity contribution in [3.63, 3.8) is 0 Å². The molecule has 0 unspecified atom stereocenters.